The molecule has 1 amide bonds. The summed E-state index contributed by atoms with van der Waals surface area (Å²) in [5.41, 5.74) is 3.15. The largest absolute Gasteiger partial charge is 0.320 e. The van der Waals surface area contributed by atoms with Gasteiger partial charge in [0.2, 0.25) is 0 Å². The number of para-hydroxylation sites is 1. The van der Waals surface area contributed by atoms with Gasteiger partial charge in [-0.25, -0.2) is 4.68 Å². The fraction of sp³-hybridized carbons (Fsp3) is 0.0500. The average Bonchev–Trinajstić information content (AvgIpc) is 3.35. The highest BCUT2D eigenvalue weighted by Gasteiger charge is 2.14. The smallest absolute Gasteiger partial charge is 0.277 e. The summed E-state index contributed by atoms with van der Waals surface area (Å²) in [7, 11) is 0. The highest BCUT2D eigenvalue weighted by Crippen LogP contribution is 2.31. The molecule has 0 aliphatic rings. The number of benzene rings is 2. The molecule has 6 heteroatoms. The Hall–Kier alpha value is -3.25. The molecule has 4 aromatic rings. The summed E-state index contributed by atoms with van der Waals surface area (Å²) in [6.45, 7) is 0.576. The van der Waals surface area contributed by atoms with E-state index in [0.29, 0.717) is 12.2 Å². The van der Waals surface area contributed by atoms with Gasteiger partial charge in [0.15, 0.2) is 5.69 Å². The van der Waals surface area contributed by atoms with Crippen LogP contribution >= 0.6 is 11.3 Å². The van der Waals surface area contributed by atoms with Crippen LogP contribution in [0.1, 0.15) is 16.1 Å². The second-order valence-corrected chi connectivity index (χ2v) is 6.71. The van der Waals surface area contributed by atoms with Gasteiger partial charge in [-0.05, 0) is 23.1 Å². The second-order valence-electron chi connectivity index (χ2n) is 5.76. The van der Waals surface area contributed by atoms with Crippen LogP contribution in [0, 0.1) is 0 Å². The van der Waals surface area contributed by atoms with E-state index in [1.165, 1.54) is 0 Å². The first kappa shape index (κ1) is 16.2. The van der Waals surface area contributed by atoms with Crippen LogP contribution in [0.2, 0.25) is 0 Å². The fourth-order valence-corrected chi connectivity index (χ4v) is 3.44. The van der Waals surface area contributed by atoms with Crippen LogP contribution in [0.5, 0.6) is 0 Å². The molecule has 0 saturated heterocycles. The number of nitrogens with zero attached hydrogens (tertiary/aromatic N) is 3. The molecule has 0 saturated carbocycles. The molecular weight excluding hydrogens is 344 g/mol. The van der Waals surface area contributed by atoms with E-state index in [2.05, 4.69) is 15.6 Å². The Bertz CT molecular complexity index is 1010. The Balaban J connectivity index is 1.51. The van der Waals surface area contributed by atoms with Crippen molar-refractivity contribution in [3.05, 3.63) is 89.6 Å². The number of aromatic nitrogens is 3. The van der Waals surface area contributed by atoms with Gasteiger partial charge >= 0.3 is 0 Å². The van der Waals surface area contributed by atoms with E-state index in [1.807, 2.05) is 72.1 Å². The molecule has 2 aromatic heterocycles. The van der Waals surface area contributed by atoms with Crippen molar-refractivity contribution in [1.82, 2.24) is 15.0 Å². The maximum absolute atomic E-state index is 12.6. The Morgan fingerprint density at radius 1 is 1.00 bits per heavy atom. The maximum Gasteiger partial charge on any atom is 0.277 e. The Kier molecular flexibility index (Phi) is 4.57. The number of hydrogen-bond acceptors (Lipinski definition) is 4. The van der Waals surface area contributed by atoms with Crippen molar-refractivity contribution >= 4 is 22.9 Å². The number of hydrogen-bond donors (Lipinski definition) is 1. The minimum atomic E-state index is -0.270. The molecule has 0 aliphatic carbocycles. The minimum Gasteiger partial charge on any atom is -0.320 e. The van der Waals surface area contributed by atoms with E-state index in [1.54, 1.807) is 22.2 Å². The first-order valence-electron chi connectivity index (χ1n) is 8.18. The van der Waals surface area contributed by atoms with Gasteiger partial charge in [0.1, 0.15) is 0 Å². The van der Waals surface area contributed by atoms with Gasteiger partial charge in [-0.15, -0.1) is 16.4 Å². The second kappa shape index (κ2) is 7.33. The zero-order chi connectivity index (χ0) is 17.8. The first-order valence-corrected chi connectivity index (χ1v) is 9.06. The number of carbonyl (C=O) groups is 1. The third-order valence-electron chi connectivity index (χ3n) is 3.92. The number of anilines is 1. The van der Waals surface area contributed by atoms with Gasteiger partial charge in [0.25, 0.3) is 5.91 Å². The number of thiophene rings is 1. The van der Waals surface area contributed by atoms with Gasteiger partial charge in [-0.3, -0.25) is 4.79 Å². The topological polar surface area (TPSA) is 59.8 Å². The predicted molar refractivity (Wildman–Crippen MR) is 103 cm³/mol. The van der Waals surface area contributed by atoms with Crippen LogP contribution < -0.4 is 5.32 Å². The van der Waals surface area contributed by atoms with Crippen LogP contribution in [0.4, 0.5) is 5.69 Å². The molecule has 26 heavy (non-hydrogen) atoms. The third kappa shape index (κ3) is 3.55. The van der Waals surface area contributed by atoms with Gasteiger partial charge in [0, 0.05) is 16.1 Å². The number of carbonyl (C=O) groups excluding carboxylic acids is 1. The summed E-state index contributed by atoms with van der Waals surface area (Å²) in [6, 6.07) is 21.7. The summed E-state index contributed by atoms with van der Waals surface area (Å²) >= 11 is 1.64. The lowest BCUT2D eigenvalue weighted by Crippen LogP contribution is -2.13. The lowest BCUT2D eigenvalue weighted by molar-refractivity contribution is 0.102. The zero-order valence-electron chi connectivity index (χ0n) is 13.9. The lowest BCUT2D eigenvalue weighted by atomic mass is 10.1. The van der Waals surface area contributed by atoms with E-state index in [0.717, 1.165) is 21.7 Å². The summed E-state index contributed by atoms with van der Waals surface area (Å²) in [6.07, 6.45) is 1.66. The number of amides is 1. The molecule has 0 bridgehead atoms. The molecule has 5 nitrogen and oxygen atoms in total. The van der Waals surface area contributed by atoms with Gasteiger partial charge in [0.05, 0.1) is 12.7 Å². The molecule has 0 aliphatic heterocycles. The molecule has 2 aromatic carbocycles. The van der Waals surface area contributed by atoms with E-state index in [-0.39, 0.29) is 5.91 Å². The van der Waals surface area contributed by atoms with E-state index < -0.39 is 0 Å². The van der Waals surface area contributed by atoms with Crippen LogP contribution in [0.3, 0.4) is 0 Å². The summed E-state index contributed by atoms with van der Waals surface area (Å²) in [5.74, 6) is -0.270. The quantitative estimate of drug-likeness (QED) is 0.577. The van der Waals surface area contributed by atoms with E-state index in [4.69, 9.17) is 0 Å². The minimum absolute atomic E-state index is 0.270. The molecule has 128 valence electrons. The standard InChI is InChI=1S/C20H16N4OS/c25-20(18-14-24(23-22-18)13-15-7-2-1-3-8-15)21-17-10-5-4-9-16(17)19-11-6-12-26-19/h1-12,14H,13H2,(H,21,25). The van der Waals surface area contributed by atoms with Crippen molar-refractivity contribution in [2.24, 2.45) is 0 Å². The molecule has 0 unspecified atom stereocenters. The average molecular weight is 360 g/mol. The Labute approximate surface area is 154 Å². The zero-order valence-corrected chi connectivity index (χ0v) is 14.7. The molecule has 2 heterocycles. The van der Waals surface area contributed by atoms with Crippen molar-refractivity contribution in [3.63, 3.8) is 0 Å². The van der Waals surface area contributed by atoms with Crippen LogP contribution in [-0.4, -0.2) is 20.9 Å². The Morgan fingerprint density at radius 3 is 2.62 bits per heavy atom. The first-order chi connectivity index (χ1) is 12.8. The van der Waals surface area contributed by atoms with Crippen molar-refractivity contribution in [3.8, 4) is 10.4 Å². The molecular formula is C20H16N4OS. The lowest BCUT2D eigenvalue weighted by Gasteiger charge is -2.08. The van der Waals surface area contributed by atoms with Crippen molar-refractivity contribution in [2.45, 2.75) is 6.54 Å². The van der Waals surface area contributed by atoms with Crippen LogP contribution in [0.25, 0.3) is 10.4 Å². The normalized spacial score (nSPS) is 10.6. The predicted octanol–water partition coefficient (Wildman–Crippen LogP) is 4.31. The van der Waals surface area contributed by atoms with Crippen LogP contribution in [0.15, 0.2) is 78.3 Å². The monoisotopic (exact) mass is 360 g/mol. The van der Waals surface area contributed by atoms with Crippen molar-refractivity contribution in [2.75, 3.05) is 5.32 Å². The highest BCUT2D eigenvalue weighted by molar-refractivity contribution is 7.13. The van der Waals surface area contributed by atoms with E-state index in [9.17, 15) is 4.79 Å². The number of nitrogens with one attached hydrogen (secondary N) is 1. The fourth-order valence-electron chi connectivity index (χ4n) is 2.68. The maximum atomic E-state index is 12.6. The van der Waals surface area contributed by atoms with E-state index >= 15 is 0 Å². The Morgan fingerprint density at radius 2 is 1.81 bits per heavy atom. The summed E-state index contributed by atoms with van der Waals surface area (Å²) in [5, 5.41) is 13.0. The van der Waals surface area contributed by atoms with Gasteiger partial charge in [-0.2, -0.15) is 0 Å². The number of rotatable bonds is 5. The van der Waals surface area contributed by atoms with Crippen LogP contribution in [-0.2, 0) is 6.54 Å². The highest BCUT2D eigenvalue weighted by atomic mass is 32.1. The molecule has 4 rings (SSSR count). The van der Waals surface area contributed by atoms with Crippen molar-refractivity contribution < 1.29 is 4.79 Å². The summed E-state index contributed by atoms with van der Waals surface area (Å²) in [4.78, 5) is 13.7. The van der Waals surface area contributed by atoms with Gasteiger partial charge in [-0.1, -0.05) is 59.8 Å². The summed E-state index contributed by atoms with van der Waals surface area (Å²) < 4.78 is 1.66. The molecule has 0 atom stereocenters. The molecule has 1 N–H and O–H groups in total. The molecule has 0 fully saturated rings. The third-order valence-corrected chi connectivity index (χ3v) is 4.82. The SMILES string of the molecule is O=C(Nc1ccccc1-c1cccs1)c1cn(Cc2ccccc2)nn1. The van der Waals surface area contributed by atoms with Crippen molar-refractivity contribution in [1.29, 1.82) is 0 Å². The molecule has 0 radical (unpaired) electrons. The molecule has 0 spiro atoms. The van der Waals surface area contributed by atoms with Gasteiger partial charge < -0.3 is 5.32 Å².